The minimum atomic E-state index is -0.193. The summed E-state index contributed by atoms with van der Waals surface area (Å²) < 4.78 is 5.02. The molecule has 0 aromatic rings. The SMILES string of the molecule is CCOC(=O)C(C)N(CCC(N)=S)C1CC1. The van der Waals surface area contributed by atoms with Crippen LogP contribution in [0.15, 0.2) is 0 Å². The van der Waals surface area contributed by atoms with Crippen molar-refractivity contribution in [3.63, 3.8) is 0 Å². The molecule has 4 nitrogen and oxygen atoms in total. The molecule has 0 bridgehead atoms. The largest absolute Gasteiger partial charge is 0.465 e. The van der Waals surface area contributed by atoms with Gasteiger partial charge >= 0.3 is 5.97 Å². The van der Waals surface area contributed by atoms with Crippen molar-refractivity contribution in [2.75, 3.05) is 13.2 Å². The molecule has 0 aromatic carbocycles. The van der Waals surface area contributed by atoms with Gasteiger partial charge in [0.05, 0.1) is 11.6 Å². The molecule has 0 aromatic heterocycles. The second kappa shape index (κ2) is 6.15. The van der Waals surface area contributed by atoms with Crippen molar-refractivity contribution in [1.29, 1.82) is 0 Å². The molecule has 0 amide bonds. The first-order chi connectivity index (χ1) is 7.56. The highest BCUT2D eigenvalue weighted by atomic mass is 32.1. The lowest BCUT2D eigenvalue weighted by Crippen LogP contribution is -2.43. The summed E-state index contributed by atoms with van der Waals surface area (Å²) in [5, 5.41) is 0. The highest BCUT2D eigenvalue weighted by Crippen LogP contribution is 2.29. The maximum atomic E-state index is 11.6. The fourth-order valence-electron chi connectivity index (χ4n) is 1.74. The van der Waals surface area contributed by atoms with Gasteiger partial charge in [-0.3, -0.25) is 9.69 Å². The van der Waals surface area contributed by atoms with E-state index >= 15 is 0 Å². The third-order valence-corrected chi connectivity index (χ3v) is 2.96. The fraction of sp³-hybridized carbons (Fsp3) is 0.818. The van der Waals surface area contributed by atoms with Crippen LogP contribution in [0.25, 0.3) is 0 Å². The van der Waals surface area contributed by atoms with E-state index in [9.17, 15) is 4.79 Å². The van der Waals surface area contributed by atoms with Crippen LogP contribution in [-0.2, 0) is 9.53 Å². The molecule has 0 spiro atoms. The van der Waals surface area contributed by atoms with Crippen molar-refractivity contribution in [2.24, 2.45) is 5.73 Å². The minimum absolute atomic E-state index is 0.155. The number of esters is 1. The van der Waals surface area contributed by atoms with Crippen molar-refractivity contribution < 1.29 is 9.53 Å². The molecule has 1 aliphatic carbocycles. The molecule has 16 heavy (non-hydrogen) atoms. The number of nitrogens with zero attached hydrogens (tertiary/aromatic N) is 1. The van der Waals surface area contributed by atoms with Crippen LogP contribution in [0.3, 0.4) is 0 Å². The number of carbonyl (C=O) groups is 1. The maximum Gasteiger partial charge on any atom is 0.323 e. The third kappa shape index (κ3) is 4.06. The predicted molar refractivity (Wildman–Crippen MR) is 67.2 cm³/mol. The summed E-state index contributed by atoms with van der Waals surface area (Å²) in [7, 11) is 0. The van der Waals surface area contributed by atoms with Gasteiger partial charge in [0.25, 0.3) is 0 Å². The Kier molecular flexibility index (Phi) is 5.15. The monoisotopic (exact) mass is 244 g/mol. The Bertz CT molecular complexity index is 267. The van der Waals surface area contributed by atoms with Crippen molar-refractivity contribution in [2.45, 2.75) is 45.2 Å². The summed E-state index contributed by atoms with van der Waals surface area (Å²) in [6, 6.07) is 0.315. The van der Waals surface area contributed by atoms with Crippen molar-refractivity contribution in [3.05, 3.63) is 0 Å². The van der Waals surface area contributed by atoms with Gasteiger partial charge in [0.2, 0.25) is 0 Å². The van der Waals surface area contributed by atoms with Gasteiger partial charge in [0, 0.05) is 19.0 Å². The smallest absolute Gasteiger partial charge is 0.323 e. The standard InChI is InChI=1S/C11H20N2O2S/c1-3-15-11(14)8(2)13(9-4-5-9)7-6-10(12)16/h8-9H,3-7H2,1-2H3,(H2,12,16). The summed E-state index contributed by atoms with van der Waals surface area (Å²) in [6.07, 6.45) is 2.97. The van der Waals surface area contributed by atoms with Crippen LogP contribution in [0.2, 0.25) is 0 Å². The van der Waals surface area contributed by atoms with Crippen LogP contribution in [-0.4, -0.2) is 41.1 Å². The van der Waals surface area contributed by atoms with Crippen molar-refractivity contribution >= 4 is 23.2 Å². The van der Waals surface area contributed by atoms with Crippen LogP contribution in [0.4, 0.5) is 0 Å². The molecular formula is C11H20N2O2S. The van der Waals surface area contributed by atoms with E-state index in [1.165, 1.54) is 0 Å². The van der Waals surface area contributed by atoms with E-state index in [4.69, 9.17) is 22.7 Å². The minimum Gasteiger partial charge on any atom is -0.465 e. The van der Waals surface area contributed by atoms with Gasteiger partial charge < -0.3 is 10.5 Å². The normalized spacial score (nSPS) is 17.2. The van der Waals surface area contributed by atoms with Gasteiger partial charge in [-0.1, -0.05) is 12.2 Å². The van der Waals surface area contributed by atoms with Gasteiger partial charge in [-0.15, -0.1) is 0 Å². The molecule has 5 heteroatoms. The lowest BCUT2D eigenvalue weighted by molar-refractivity contribution is -0.149. The molecule has 1 atom stereocenters. The highest BCUT2D eigenvalue weighted by molar-refractivity contribution is 7.80. The molecule has 1 saturated carbocycles. The Morgan fingerprint density at radius 2 is 2.25 bits per heavy atom. The number of nitrogens with two attached hydrogens (primary N) is 1. The van der Waals surface area contributed by atoms with Crippen LogP contribution in [0.1, 0.15) is 33.1 Å². The van der Waals surface area contributed by atoms with E-state index in [1.54, 1.807) is 0 Å². The molecule has 2 N–H and O–H groups in total. The van der Waals surface area contributed by atoms with E-state index in [1.807, 2.05) is 13.8 Å². The predicted octanol–water partition coefficient (Wildman–Crippen LogP) is 1.08. The second-order valence-electron chi connectivity index (χ2n) is 4.11. The number of hydrogen-bond donors (Lipinski definition) is 1. The van der Waals surface area contributed by atoms with Gasteiger partial charge in [0.1, 0.15) is 6.04 Å². The van der Waals surface area contributed by atoms with Crippen LogP contribution in [0.5, 0.6) is 0 Å². The summed E-state index contributed by atoms with van der Waals surface area (Å²) in [5.41, 5.74) is 5.48. The Morgan fingerprint density at radius 3 is 2.69 bits per heavy atom. The van der Waals surface area contributed by atoms with Gasteiger partial charge in [-0.2, -0.15) is 0 Å². The first-order valence-electron chi connectivity index (χ1n) is 5.77. The molecule has 0 aliphatic heterocycles. The number of rotatable bonds is 7. The van der Waals surface area contributed by atoms with E-state index in [0.717, 1.165) is 19.4 Å². The Balaban J connectivity index is 2.48. The van der Waals surface area contributed by atoms with Gasteiger partial charge in [0.15, 0.2) is 0 Å². The molecule has 0 saturated heterocycles. The van der Waals surface area contributed by atoms with Gasteiger partial charge in [-0.05, 0) is 26.7 Å². The van der Waals surface area contributed by atoms with E-state index < -0.39 is 0 Å². The van der Waals surface area contributed by atoms with Crippen molar-refractivity contribution in [3.8, 4) is 0 Å². The molecule has 1 fully saturated rings. The highest BCUT2D eigenvalue weighted by Gasteiger charge is 2.35. The first kappa shape index (κ1) is 13.4. The zero-order chi connectivity index (χ0) is 12.1. The fourth-order valence-corrected chi connectivity index (χ4v) is 1.83. The zero-order valence-electron chi connectivity index (χ0n) is 9.94. The zero-order valence-corrected chi connectivity index (χ0v) is 10.8. The summed E-state index contributed by atoms with van der Waals surface area (Å²) in [5.74, 6) is -0.155. The Labute approximate surface area is 102 Å². The van der Waals surface area contributed by atoms with Crippen LogP contribution < -0.4 is 5.73 Å². The molecule has 92 valence electrons. The van der Waals surface area contributed by atoms with Crippen LogP contribution >= 0.6 is 12.2 Å². The summed E-state index contributed by atoms with van der Waals surface area (Å²) in [4.78, 5) is 14.3. The molecule has 1 aliphatic rings. The third-order valence-electron chi connectivity index (χ3n) is 2.76. The first-order valence-corrected chi connectivity index (χ1v) is 6.17. The maximum absolute atomic E-state index is 11.6. The second-order valence-corrected chi connectivity index (χ2v) is 4.64. The van der Waals surface area contributed by atoms with E-state index in [-0.39, 0.29) is 12.0 Å². The number of carbonyl (C=O) groups excluding carboxylic acids is 1. The number of thiocarbonyl (C=S) groups is 1. The average Bonchev–Trinajstić information content (AvgIpc) is 3.01. The van der Waals surface area contributed by atoms with E-state index in [0.29, 0.717) is 24.1 Å². The topological polar surface area (TPSA) is 55.6 Å². The quantitative estimate of drug-likeness (QED) is 0.536. The van der Waals surface area contributed by atoms with Crippen molar-refractivity contribution in [1.82, 2.24) is 4.90 Å². The van der Waals surface area contributed by atoms with Crippen LogP contribution in [0, 0.1) is 0 Å². The molecule has 0 heterocycles. The van der Waals surface area contributed by atoms with Gasteiger partial charge in [-0.25, -0.2) is 0 Å². The lowest BCUT2D eigenvalue weighted by atomic mass is 10.2. The summed E-state index contributed by atoms with van der Waals surface area (Å²) in [6.45, 7) is 4.88. The molecular weight excluding hydrogens is 224 g/mol. The Morgan fingerprint density at radius 1 is 1.62 bits per heavy atom. The molecule has 1 rings (SSSR count). The number of hydrogen-bond acceptors (Lipinski definition) is 4. The lowest BCUT2D eigenvalue weighted by Gasteiger charge is -2.27. The molecule has 1 unspecified atom stereocenters. The number of ether oxygens (including phenoxy) is 1. The van der Waals surface area contributed by atoms with E-state index in [2.05, 4.69) is 4.90 Å². The average molecular weight is 244 g/mol. The Hall–Kier alpha value is -0.680. The molecule has 0 radical (unpaired) electrons. The summed E-state index contributed by atoms with van der Waals surface area (Å²) >= 11 is 4.86.